The molecule has 0 saturated heterocycles. The molecule has 1 aliphatic heterocycles. The van der Waals surface area contributed by atoms with Crippen molar-refractivity contribution in [3.63, 3.8) is 0 Å². The van der Waals surface area contributed by atoms with Gasteiger partial charge in [0, 0.05) is 13.5 Å². The van der Waals surface area contributed by atoms with E-state index in [9.17, 15) is 4.79 Å². The van der Waals surface area contributed by atoms with Gasteiger partial charge in [0.25, 0.3) is 0 Å². The lowest BCUT2D eigenvalue weighted by molar-refractivity contribution is -0.119. The normalized spacial score (nSPS) is 14.0. The number of para-hydroxylation sites is 1. The zero-order valence-corrected chi connectivity index (χ0v) is 13.6. The predicted molar refractivity (Wildman–Crippen MR) is 90.4 cm³/mol. The zero-order valence-electron chi connectivity index (χ0n) is 12.8. The maximum Gasteiger partial charge on any atom is 0.217 e. The van der Waals surface area contributed by atoms with Gasteiger partial charge in [0.15, 0.2) is 5.13 Å². The van der Waals surface area contributed by atoms with Gasteiger partial charge in [0.2, 0.25) is 5.91 Å². The van der Waals surface area contributed by atoms with Crippen LogP contribution in [0.1, 0.15) is 18.3 Å². The summed E-state index contributed by atoms with van der Waals surface area (Å²) in [5.41, 5.74) is 3.12. The lowest BCUT2D eigenvalue weighted by atomic mass is 10.3. The van der Waals surface area contributed by atoms with E-state index < -0.39 is 0 Å². The summed E-state index contributed by atoms with van der Waals surface area (Å²) in [5, 5.41) is 8.40. The Morgan fingerprint density at radius 3 is 3.04 bits per heavy atom. The molecule has 0 bridgehead atoms. The molecule has 1 N–H and O–H groups in total. The van der Waals surface area contributed by atoms with E-state index in [0.717, 1.165) is 41.7 Å². The maximum absolute atomic E-state index is 11.0. The van der Waals surface area contributed by atoms with E-state index in [-0.39, 0.29) is 5.91 Å². The molecular formula is C16H17N5OS. The average Bonchev–Trinajstić information content (AvgIpc) is 3.15. The highest BCUT2D eigenvalue weighted by Crippen LogP contribution is 2.30. The van der Waals surface area contributed by atoms with E-state index in [1.54, 1.807) is 11.3 Å². The minimum Gasteiger partial charge on any atom is -0.351 e. The topological polar surface area (TPSA) is 63.1 Å². The van der Waals surface area contributed by atoms with Gasteiger partial charge in [-0.15, -0.1) is 0 Å². The van der Waals surface area contributed by atoms with Crippen LogP contribution in [0.2, 0.25) is 0 Å². The van der Waals surface area contributed by atoms with Crippen LogP contribution in [0.4, 0.5) is 5.13 Å². The van der Waals surface area contributed by atoms with Crippen molar-refractivity contribution >= 4 is 32.6 Å². The van der Waals surface area contributed by atoms with Crippen molar-refractivity contribution in [2.75, 3.05) is 11.4 Å². The average molecular weight is 327 g/mol. The number of benzene rings is 1. The smallest absolute Gasteiger partial charge is 0.217 e. The van der Waals surface area contributed by atoms with E-state index in [1.165, 1.54) is 11.6 Å². The number of anilines is 1. The quantitative estimate of drug-likeness (QED) is 0.801. The Kier molecular flexibility index (Phi) is 3.49. The van der Waals surface area contributed by atoms with Crippen molar-refractivity contribution in [1.82, 2.24) is 20.1 Å². The van der Waals surface area contributed by atoms with Gasteiger partial charge in [-0.3, -0.25) is 9.48 Å². The van der Waals surface area contributed by atoms with E-state index in [4.69, 9.17) is 4.98 Å². The van der Waals surface area contributed by atoms with Gasteiger partial charge in [-0.05, 0) is 18.2 Å². The van der Waals surface area contributed by atoms with Crippen LogP contribution in [0.15, 0.2) is 30.3 Å². The minimum atomic E-state index is -0.0351. The molecular weight excluding hydrogens is 310 g/mol. The molecule has 0 unspecified atom stereocenters. The van der Waals surface area contributed by atoms with Crippen LogP contribution in [-0.2, 0) is 24.4 Å². The minimum absolute atomic E-state index is 0.0351. The molecule has 6 nitrogen and oxygen atoms in total. The monoisotopic (exact) mass is 327 g/mol. The number of carbonyl (C=O) groups excluding carboxylic acids is 1. The summed E-state index contributed by atoms with van der Waals surface area (Å²) >= 11 is 1.73. The number of rotatable bonds is 3. The lowest BCUT2D eigenvalue weighted by Gasteiger charge is -2.27. The standard InChI is InChI=1S/C16H17N5OS/c1-11(22)17-9-12-8-13-10-20(6-7-21(13)19-12)16-18-14-4-2-3-5-15(14)23-16/h2-5,8H,6-7,9-10H2,1H3,(H,17,22). The van der Waals surface area contributed by atoms with Crippen LogP contribution in [0, 0.1) is 0 Å². The third-order valence-corrected chi connectivity index (χ3v) is 5.02. The molecule has 0 spiro atoms. The third kappa shape index (κ3) is 2.79. The van der Waals surface area contributed by atoms with Crippen molar-refractivity contribution in [2.24, 2.45) is 0 Å². The van der Waals surface area contributed by atoms with Crippen LogP contribution in [0.5, 0.6) is 0 Å². The molecule has 2 aromatic heterocycles. The predicted octanol–water partition coefficient (Wildman–Crippen LogP) is 2.15. The van der Waals surface area contributed by atoms with E-state index in [0.29, 0.717) is 6.54 Å². The zero-order chi connectivity index (χ0) is 15.8. The van der Waals surface area contributed by atoms with Gasteiger partial charge in [-0.1, -0.05) is 23.5 Å². The molecule has 0 fully saturated rings. The van der Waals surface area contributed by atoms with Gasteiger partial charge in [0.1, 0.15) is 0 Å². The molecule has 1 aliphatic rings. The number of thiazole rings is 1. The molecule has 118 valence electrons. The van der Waals surface area contributed by atoms with Crippen LogP contribution in [0.3, 0.4) is 0 Å². The Morgan fingerprint density at radius 2 is 2.22 bits per heavy atom. The third-order valence-electron chi connectivity index (χ3n) is 3.92. The second-order valence-corrected chi connectivity index (χ2v) is 6.65. The number of hydrogen-bond donors (Lipinski definition) is 1. The molecule has 4 rings (SSSR count). The maximum atomic E-state index is 11.0. The Bertz CT molecular complexity index is 835. The Hall–Kier alpha value is -2.41. The second-order valence-electron chi connectivity index (χ2n) is 5.65. The highest BCUT2D eigenvalue weighted by Gasteiger charge is 2.21. The van der Waals surface area contributed by atoms with Crippen molar-refractivity contribution < 1.29 is 4.79 Å². The summed E-state index contributed by atoms with van der Waals surface area (Å²) in [6.45, 7) is 4.54. The van der Waals surface area contributed by atoms with Crippen LogP contribution < -0.4 is 10.2 Å². The molecule has 1 amide bonds. The van der Waals surface area contributed by atoms with Crippen molar-refractivity contribution in [3.8, 4) is 0 Å². The molecule has 3 heterocycles. The molecule has 0 saturated carbocycles. The number of aromatic nitrogens is 3. The number of nitrogens with zero attached hydrogens (tertiary/aromatic N) is 4. The number of carbonyl (C=O) groups is 1. The van der Waals surface area contributed by atoms with Gasteiger partial charge >= 0.3 is 0 Å². The summed E-state index contributed by atoms with van der Waals surface area (Å²) < 4.78 is 3.24. The fourth-order valence-corrected chi connectivity index (χ4v) is 3.78. The fourth-order valence-electron chi connectivity index (χ4n) is 2.79. The summed E-state index contributed by atoms with van der Waals surface area (Å²) in [7, 11) is 0. The van der Waals surface area contributed by atoms with Crippen LogP contribution in [-0.4, -0.2) is 27.2 Å². The Morgan fingerprint density at radius 1 is 1.35 bits per heavy atom. The number of fused-ring (bicyclic) bond motifs is 2. The van der Waals surface area contributed by atoms with E-state index in [2.05, 4.69) is 33.5 Å². The first-order valence-corrected chi connectivity index (χ1v) is 8.41. The molecule has 1 aromatic carbocycles. The Labute approximate surface area is 137 Å². The highest BCUT2D eigenvalue weighted by atomic mass is 32.1. The molecule has 7 heteroatoms. The number of hydrogen-bond acceptors (Lipinski definition) is 5. The van der Waals surface area contributed by atoms with Crippen molar-refractivity contribution in [2.45, 2.75) is 26.6 Å². The van der Waals surface area contributed by atoms with Crippen molar-refractivity contribution in [3.05, 3.63) is 41.7 Å². The summed E-state index contributed by atoms with van der Waals surface area (Å²) in [4.78, 5) is 18.1. The van der Waals surface area contributed by atoms with E-state index in [1.807, 2.05) is 16.8 Å². The first-order chi connectivity index (χ1) is 11.2. The van der Waals surface area contributed by atoms with Crippen LogP contribution >= 0.6 is 11.3 Å². The lowest BCUT2D eigenvalue weighted by Crippen LogP contribution is -2.33. The molecule has 3 aromatic rings. The van der Waals surface area contributed by atoms with Crippen LogP contribution in [0.25, 0.3) is 10.2 Å². The number of amides is 1. The van der Waals surface area contributed by atoms with Gasteiger partial charge in [-0.2, -0.15) is 5.10 Å². The van der Waals surface area contributed by atoms with Gasteiger partial charge < -0.3 is 10.2 Å². The van der Waals surface area contributed by atoms with Gasteiger partial charge in [-0.25, -0.2) is 4.98 Å². The fraction of sp³-hybridized carbons (Fsp3) is 0.312. The number of nitrogens with one attached hydrogen (secondary N) is 1. The SMILES string of the molecule is CC(=O)NCc1cc2n(n1)CCN(c1nc3ccccc3s1)C2. The van der Waals surface area contributed by atoms with E-state index >= 15 is 0 Å². The van der Waals surface area contributed by atoms with Gasteiger partial charge in [0.05, 0.1) is 41.2 Å². The molecule has 0 radical (unpaired) electrons. The van der Waals surface area contributed by atoms with Crippen molar-refractivity contribution in [1.29, 1.82) is 0 Å². The molecule has 0 atom stereocenters. The highest BCUT2D eigenvalue weighted by molar-refractivity contribution is 7.22. The summed E-state index contributed by atoms with van der Waals surface area (Å²) in [5.74, 6) is -0.0351. The summed E-state index contributed by atoms with van der Waals surface area (Å²) in [6.07, 6.45) is 0. The molecule has 23 heavy (non-hydrogen) atoms. The second kappa shape index (κ2) is 5.66. The first kappa shape index (κ1) is 14.2. The first-order valence-electron chi connectivity index (χ1n) is 7.59. The Balaban J connectivity index is 1.54. The largest absolute Gasteiger partial charge is 0.351 e. The summed E-state index contributed by atoms with van der Waals surface area (Å²) in [6, 6.07) is 10.3. The molecule has 0 aliphatic carbocycles.